The largest absolute Gasteiger partial charge is 0.497 e. The molecule has 1 aromatic carbocycles. The average Bonchev–Trinajstić information content (AvgIpc) is 3.62. The number of alkyl carbamates (subject to hydrolysis) is 1. The van der Waals surface area contributed by atoms with Crippen molar-refractivity contribution in [3.63, 3.8) is 0 Å². The lowest BCUT2D eigenvalue weighted by atomic mass is 9.85. The predicted octanol–water partition coefficient (Wildman–Crippen LogP) is 7.28. The molecule has 0 spiro atoms. The highest BCUT2D eigenvalue weighted by molar-refractivity contribution is 6.31. The fourth-order valence-corrected chi connectivity index (χ4v) is 7.02. The van der Waals surface area contributed by atoms with Crippen LogP contribution in [0.2, 0.25) is 5.15 Å². The van der Waals surface area contributed by atoms with E-state index in [-0.39, 0.29) is 29.6 Å². The molecule has 0 radical (unpaired) electrons. The van der Waals surface area contributed by atoms with E-state index in [1.54, 1.807) is 46.1 Å². The van der Waals surface area contributed by atoms with Crippen molar-refractivity contribution in [2.45, 2.75) is 123 Å². The second kappa shape index (κ2) is 16.0. The molecule has 270 valence electrons. The molecule has 2 amide bonds. The van der Waals surface area contributed by atoms with Crippen LogP contribution < -0.4 is 14.8 Å². The van der Waals surface area contributed by atoms with E-state index >= 15 is 0 Å². The van der Waals surface area contributed by atoms with Crippen LogP contribution in [0.5, 0.6) is 11.6 Å². The van der Waals surface area contributed by atoms with Crippen LogP contribution in [0.4, 0.5) is 4.79 Å². The zero-order chi connectivity index (χ0) is 36.1. The number of ether oxygens (including phenoxy) is 4. The molecule has 1 saturated carbocycles. The number of allylic oxidation sites excluding steroid dienone is 1. The number of esters is 1. The predicted molar refractivity (Wildman–Crippen MR) is 189 cm³/mol. The Balaban J connectivity index is 1.61. The van der Waals surface area contributed by atoms with Gasteiger partial charge in [-0.25, -0.2) is 19.6 Å². The van der Waals surface area contributed by atoms with Crippen molar-refractivity contribution in [2.75, 3.05) is 13.7 Å². The molecule has 11 nitrogen and oxygen atoms in total. The number of unbranched alkanes of at least 4 members (excludes halogenated alkanes) is 1. The lowest BCUT2D eigenvalue weighted by molar-refractivity contribution is -0.165. The number of amides is 2. The molecule has 1 aromatic heterocycles. The summed E-state index contributed by atoms with van der Waals surface area (Å²) in [4.78, 5) is 52.4. The molecule has 1 aliphatic heterocycles. The normalized spacial score (nSPS) is 23.2. The number of halogens is 1. The van der Waals surface area contributed by atoms with E-state index in [2.05, 4.69) is 21.9 Å². The number of carbonyl (C=O) groups excluding carboxylic acids is 3. The van der Waals surface area contributed by atoms with Gasteiger partial charge in [0.1, 0.15) is 35.6 Å². The van der Waals surface area contributed by atoms with Crippen molar-refractivity contribution in [2.24, 2.45) is 17.3 Å². The standard InChI is InChI=1S/C37H53ClN4O7/c1-10-12-13-15-22-16-14-17-27(22)48-35(45)41-30(36(3,4)5)33(43)42-21-28(24(11-2)29(42)34(44)49-37(6,7)8)47-32-31(38)39-25-19-18-23(46-9)20-26(25)40-32/h10,18-20,22,24,27-30H,1,11-17,21H2,2-9H3,(H,41,45)/t22-,24-,27-,28+,29+,30-/m1/s1. The van der Waals surface area contributed by atoms with E-state index in [0.717, 1.165) is 38.5 Å². The molecule has 2 fully saturated rings. The quantitative estimate of drug-likeness (QED) is 0.138. The number of aromatic nitrogens is 2. The summed E-state index contributed by atoms with van der Waals surface area (Å²) in [5.74, 6) is -0.503. The van der Waals surface area contributed by atoms with E-state index in [4.69, 9.17) is 30.5 Å². The lowest BCUT2D eigenvalue weighted by Crippen LogP contribution is -2.58. The summed E-state index contributed by atoms with van der Waals surface area (Å²) in [6, 6.07) is 3.25. The third kappa shape index (κ3) is 9.55. The summed E-state index contributed by atoms with van der Waals surface area (Å²) in [6.45, 7) is 16.7. The SMILES string of the molecule is C=CCCC[C@@H]1CCC[C@H]1OC(=O)N[C@H](C(=O)N1C[C@H](Oc2nc3cc(OC)ccc3nc2Cl)[C@@H](CC)[C@H]1C(=O)OC(C)(C)C)C(C)(C)C. The fourth-order valence-electron chi connectivity index (χ4n) is 6.84. The first-order chi connectivity index (χ1) is 23.1. The van der Waals surface area contributed by atoms with Crippen molar-refractivity contribution in [3.8, 4) is 11.6 Å². The highest BCUT2D eigenvalue weighted by Gasteiger charge is 2.52. The Bertz CT molecular complexity index is 1500. The van der Waals surface area contributed by atoms with Crippen molar-refractivity contribution in [3.05, 3.63) is 36.0 Å². The minimum Gasteiger partial charge on any atom is -0.497 e. The third-order valence-corrected chi connectivity index (χ3v) is 9.51. The van der Waals surface area contributed by atoms with Gasteiger partial charge in [0.2, 0.25) is 5.91 Å². The maximum Gasteiger partial charge on any atom is 0.408 e. The maximum atomic E-state index is 14.6. The molecule has 1 aliphatic carbocycles. The fraction of sp³-hybridized carbons (Fsp3) is 0.649. The monoisotopic (exact) mass is 700 g/mol. The van der Waals surface area contributed by atoms with Crippen LogP contribution in [-0.4, -0.2) is 76.4 Å². The number of nitrogens with one attached hydrogen (secondary N) is 1. The Morgan fingerprint density at radius 3 is 2.47 bits per heavy atom. The molecule has 4 rings (SSSR count). The Morgan fingerprint density at radius 2 is 1.84 bits per heavy atom. The summed E-state index contributed by atoms with van der Waals surface area (Å²) in [5, 5.41) is 2.93. The third-order valence-electron chi connectivity index (χ3n) is 9.27. The molecule has 12 heteroatoms. The molecule has 2 aromatic rings. The van der Waals surface area contributed by atoms with Gasteiger partial charge in [-0.05, 0) is 89.2 Å². The van der Waals surface area contributed by atoms with Gasteiger partial charge in [-0.3, -0.25) is 4.79 Å². The number of hydrogen-bond acceptors (Lipinski definition) is 9. The van der Waals surface area contributed by atoms with Crippen LogP contribution in [0.15, 0.2) is 30.9 Å². The Kier molecular flexibility index (Phi) is 12.4. The highest BCUT2D eigenvalue weighted by Crippen LogP contribution is 2.37. The number of carbonyl (C=O) groups is 3. The zero-order valence-electron chi connectivity index (χ0n) is 30.2. The van der Waals surface area contributed by atoms with Crippen LogP contribution >= 0.6 is 11.6 Å². The molecule has 0 bridgehead atoms. The second-order valence-corrected chi connectivity index (χ2v) is 15.5. The average molecular weight is 701 g/mol. The number of fused-ring (bicyclic) bond motifs is 1. The van der Waals surface area contributed by atoms with E-state index in [0.29, 0.717) is 23.2 Å². The molecule has 6 atom stereocenters. The first kappa shape index (κ1) is 38.2. The maximum absolute atomic E-state index is 14.6. The number of likely N-dealkylation sites (tertiary alicyclic amines) is 1. The Labute approximate surface area is 295 Å². The van der Waals surface area contributed by atoms with Gasteiger partial charge in [0.25, 0.3) is 5.88 Å². The van der Waals surface area contributed by atoms with Gasteiger partial charge in [-0.2, -0.15) is 0 Å². The van der Waals surface area contributed by atoms with Gasteiger partial charge in [-0.15, -0.1) is 6.58 Å². The summed E-state index contributed by atoms with van der Waals surface area (Å²) >= 11 is 6.55. The summed E-state index contributed by atoms with van der Waals surface area (Å²) in [5.41, 5.74) is -0.446. The lowest BCUT2D eigenvalue weighted by Gasteiger charge is -2.36. The van der Waals surface area contributed by atoms with E-state index in [9.17, 15) is 14.4 Å². The molecule has 0 unspecified atom stereocenters. The molecule has 2 aliphatic rings. The number of nitrogens with zero attached hydrogens (tertiary/aromatic N) is 3. The van der Waals surface area contributed by atoms with Gasteiger partial charge in [0, 0.05) is 12.0 Å². The van der Waals surface area contributed by atoms with Crippen molar-refractivity contribution < 1.29 is 33.3 Å². The van der Waals surface area contributed by atoms with Gasteiger partial charge in [0.15, 0.2) is 5.15 Å². The summed E-state index contributed by atoms with van der Waals surface area (Å²) in [7, 11) is 1.56. The van der Waals surface area contributed by atoms with Crippen LogP contribution in [-0.2, 0) is 19.1 Å². The van der Waals surface area contributed by atoms with Crippen LogP contribution in [0, 0.1) is 17.3 Å². The zero-order valence-corrected chi connectivity index (χ0v) is 31.0. The topological polar surface area (TPSA) is 129 Å². The van der Waals surface area contributed by atoms with Gasteiger partial charge in [0.05, 0.1) is 24.7 Å². The smallest absolute Gasteiger partial charge is 0.408 e. The summed E-state index contributed by atoms with van der Waals surface area (Å²) in [6.07, 6.45) is 6.50. The Morgan fingerprint density at radius 1 is 1.10 bits per heavy atom. The first-order valence-corrected chi connectivity index (χ1v) is 17.7. The van der Waals surface area contributed by atoms with Crippen molar-refractivity contribution in [1.29, 1.82) is 0 Å². The summed E-state index contributed by atoms with van der Waals surface area (Å²) < 4.78 is 23.5. The van der Waals surface area contributed by atoms with Crippen molar-refractivity contribution >= 4 is 40.6 Å². The molecule has 49 heavy (non-hydrogen) atoms. The number of methoxy groups -OCH3 is 1. The first-order valence-electron chi connectivity index (χ1n) is 17.4. The Hall–Kier alpha value is -3.60. The molecule has 1 saturated heterocycles. The van der Waals surface area contributed by atoms with Crippen molar-refractivity contribution in [1.82, 2.24) is 20.2 Å². The van der Waals surface area contributed by atoms with E-state index in [1.165, 1.54) is 4.90 Å². The van der Waals surface area contributed by atoms with Gasteiger partial charge >= 0.3 is 12.1 Å². The molecule has 2 heterocycles. The van der Waals surface area contributed by atoms with Crippen LogP contribution in [0.3, 0.4) is 0 Å². The van der Waals surface area contributed by atoms with Crippen LogP contribution in [0.25, 0.3) is 11.0 Å². The highest BCUT2D eigenvalue weighted by atomic mass is 35.5. The second-order valence-electron chi connectivity index (χ2n) is 15.2. The minimum absolute atomic E-state index is 0.0344. The van der Waals surface area contributed by atoms with Crippen LogP contribution in [0.1, 0.15) is 93.4 Å². The number of hydrogen-bond donors (Lipinski definition) is 1. The minimum atomic E-state index is -1.00. The van der Waals surface area contributed by atoms with E-state index < -0.39 is 53.1 Å². The van der Waals surface area contributed by atoms with E-state index in [1.807, 2.05) is 33.8 Å². The van der Waals surface area contributed by atoms with Gasteiger partial charge < -0.3 is 29.2 Å². The number of benzene rings is 1. The van der Waals surface area contributed by atoms with Gasteiger partial charge in [-0.1, -0.05) is 45.4 Å². The molecular weight excluding hydrogens is 648 g/mol. The number of rotatable bonds is 12. The molecule has 1 N–H and O–H groups in total. The molecular formula is C37H53ClN4O7.